The Labute approximate surface area is 188 Å². The lowest BCUT2D eigenvalue weighted by molar-refractivity contribution is -0.140. The fourth-order valence-corrected chi connectivity index (χ4v) is 4.40. The molecule has 2 aromatic carbocycles. The third-order valence-electron chi connectivity index (χ3n) is 4.93. The Hall–Kier alpha value is -2.10. The van der Waals surface area contributed by atoms with Crippen LogP contribution in [0.5, 0.6) is 0 Å². The molecule has 0 aromatic heterocycles. The van der Waals surface area contributed by atoms with E-state index >= 15 is 4.39 Å². The predicted octanol–water partition coefficient (Wildman–Crippen LogP) is 6.00. The van der Waals surface area contributed by atoms with Crippen LogP contribution in [-0.2, 0) is 22.3 Å². The van der Waals surface area contributed by atoms with Gasteiger partial charge in [-0.05, 0) is 75.9 Å². The zero-order valence-corrected chi connectivity index (χ0v) is 19.6. The van der Waals surface area contributed by atoms with Gasteiger partial charge in [-0.15, -0.1) is 4.72 Å². The van der Waals surface area contributed by atoms with Gasteiger partial charge in [0.1, 0.15) is 10.6 Å². The van der Waals surface area contributed by atoms with Crippen LogP contribution in [0.3, 0.4) is 0 Å². The Balaban J connectivity index is 2.80. The molecule has 2 aromatic rings. The van der Waals surface area contributed by atoms with E-state index < -0.39 is 57.7 Å². The number of hydrogen-bond donors (Lipinski definition) is 2. The number of carbonyl (C=O) groups is 1. The maximum atomic E-state index is 15.1. The van der Waals surface area contributed by atoms with Gasteiger partial charge in [-0.2, -0.15) is 13.2 Å². The second-order valence-electron chi connectivity index (χ2n) is 8.85. The van der Waals surface area contributed by atoms with Gasteiger partial charge in [-0.1, -0.05) is 17.7 Å². The molecule has 0 saturated carbocycles. The molecule has 0 heterocycles. The minimum Gasteiger partial charge on any atom is -0.598 e. The number of rotatable bonds is 6. The lowest BCUT2D eigenvalue weighted by Gasteiger charge is -2.28. The van der Waals surface area contributed by atoms with Crippen molar-refractivity contribution in [3.05, 3.63) is 57.9 Å². The lowest BCUT2D eigenvalue weighted by atomic mass is 9.89. The summed E-state index contributed by atoms with van der Waals surface area (Å²) < 4.78 is 70.6. The number of benzene rings is 2. The third kappa shape index (κ3) is 6.02. The highest BCUT2D eigenvalue weighted by Crippen LogP contribution is 2.40. The molecule has 4 nitrogen and oxygen atoms in total. The summed E-state index contributed by atoms with van der Waals surface area (Å²) in [6.07, 6.45) is -5.75. The van der Waals surface area contributed by atoms with E-state index in [1.807, 2.05) is 6.92 Å². The summed E-state index contributed by atoms with van der Waals surface area (Å²) in [5.74, 6) is -2.94. The number of carboxylic acid groups (broad SMARTS) is 1. The van der Waals surface area contributed by atoms with Crippen LogP contribution in [-0.4, -0.2) is 20.4 Å². The van der Waals surface area contributed by atoms with Crippen LogP contribution in [0.25, 0.3) is 11.1 Å². The molecule has 32 heavy (non-hydrogen) atoms. The average Bonchev–Trinajstić information content (AvgIpc) is 2.59. The molecular formula is C23H27F4NO3S. The van der Waals surface area contributed by atoms with E-state index in [1.165, 1.54) is 6.07 Å². The molecule has 0 amide bonds. The zero-order chi connectivity index (χ0) is 24.6. The van der Waals surface area contributed by atoms with Crippen molar-refractivity contribution in [2.45, 2.75) is 64.9 Å². The molecule has 2 atom stereocenters. The summed E-state index contributed by atoms with van der Waals surface area (Å²) >= 11 is -1.84. The van der Waals surface area contributed by atoms with Crippen LogP contribution < -0.4 is 4.72 Å². The molecule has 176 valence electrons. The first-order valence-corrected chi connectivity index (χ1v) is 11.1. The maximum absolute atomic E-state index is 15.1. The summed E-state index contributed by atoms with van der Waals surface area (Å²) in [4.78, 5) is 11.4. The Morgan fingerprint density at radius 2 is 1.62 bits per heavy atom. The SMILES string of the molecule is Cc1cc(C)c(-c2cc(C(CC(=O)O)N[S+]([O-])C(C)(C)C)c(F)c(C(F)(F)F)c2)c(C)c1. The standard InChI is InChI=1S/C23H27F4NO3S/c1-12-7-13(2)20(14(3)8-12)15-9-16(21(24)17(10-15)23(25,26)27)18(11-19(29)30)28-32(31)22(4,5)6/h7-10,18,28H,11H2,1-6H3,(H,29,30). The van der Waals surface area contributed by atoms with Crippen molar-refractivity contribution in [1.82, 2.24) is 4.72 Å². The number of hydrogen-bond acceptors (Lipinski definition) is 3. The van der Waals surface area contributed by atoms with Gasteiger partial charge in [0, 0.05) is 16.9 Å². The van der Waals surface area contributed by atoms with Gasteiger partial charge >= 0.3 is 12.1 Å². The fourth-order valence-electron chi connectivity index (χ4n) is 3.58. The number of carboxylic acids is 1. The number of halogens is 4. The number of aliphatic carboxylic acids is 1. The zero-order valence-electron chi connectivity index (χ0n) is 18.8. The first-order valence-electron chi connectivity index (χ1n) is 9.91. The predicted molar refractivity (Wildman–Crippen MR) is 117 cm³/mol. The van der Waals surface area contributed by atoms with Gasteiger partial charge in [0.25, 0.3) is 0 Å². The second kappa shape index (κ2) is 9.41. The molecule has 0 spiro atoms. The summed E-state index contributed by atoms with van der Waals surface area (Å²) in [5, 5.41) is 9.30. The van der Waals surface area contributed by atoms with Gasteiger partial charge < -0.3 is 9.66 Å². The lowest BCUT2D eigenvalue weighted by Crippen LogP contribution is -2.42. The largest absolute Gasteiger partial charge is 0.598 e. The monoisotopic (exact) mass is 473 g/mol. The minimum atomic E-state index is -5.00. The molecule has 9 heteroatoms. The van der Waals surface area contributed by atoms with Gasteiger partial charge in [-0.25, -0.2) is 4.39 Å². The smallest absolute Gasteiger partial charge is 0.419 e. The molecule has 2 unspecified atom stereocenters. The topological polar surface area (TPSA) is 72.4 Å². The van der Waals surface area contributed by atoms with E-state index in [0.717, 1.165) is 11.6 Å². The van der Waals surface area contributed by atoms with Crippen LogP contribution in [0.15, 0.2) is 24.3 Å². The molecule has 0 radical (unpaired) electrons. The van der Waals surface area contributed by atoms with Crippen molar-refractivity contribution in [3.8, 4) is 11.1 Å². The quantitative estimate of drug-likeness (QED) is 0.398. The van der Waals surface area contributed by atoms with Gasteiger partial charge in [0.05, 0.1) is 18.0 Å². The van der Waals surface area contributed by atoms with E-state index in [0.29, 0.717) is 16.7 Å². The molecule has 2 N–H and O–H groups in total. The molecule has 2 rings (SSSR count). The van der Waals surface area contributed by atoms with Gasteiger partial charge in [0.2, 0.25) is 0 Å². The summed E-state index contributed by atoms with van der Waals surface area (Å²) in [5.41, 5.74) is 0.963. The van der Waals surface area contributed by atoms with Crippen molar-refractivity contribution in [1.29, 1.82) is 0 Å². The number of nitrogens with one attached hydrogen (secondary N) is 1. The minimum absolute atomic E-state index is 0.113. The van der Waals surface area contributed by atoms with Crippen molar-refractivity contribution in [2.75, 3.05) is 0 Å². The van der Waals surface area contributed by atoms with Crippen molar-refractivity contribution < 1.29 is 32.0 Å². The molecule has 0 fully saturated rings. The van der Waals surface area contributed by atoms with Crippen LogP contribution in [0, 0.1) is 26.6 Å². The Morgan fingerprint density at radius 3 is 2.06 bits per heavy atom. The van der Waals surface area contributed by atoms with Crippen molar-refractivity contribution >= 4 is 17.3 Å². The van der Waals surface area contributed by atoms with Gasteiger partial charge in [-0.3, -0.25) is 4.79 Å². The average molecular weight is 474 g/mol. The molecule has 0 aliphatic carbocycles. The van der Waals surface area contributed by atoms with Crippen molar-refractivity contribution in [3.63, 3.8) is 0 Å². The second-order valence-corrected chi connectivity index (χ2v) is 10.8. The van der Waals surface area contributed by atoms with Crippen LogP contribution in [0.1, 0.15) is 61.1 Å². The highest BCUT2D eigenvalue weighted by atomic mass is 32.2. The van der Waals surface area contributed by atoms with Crippen LogP contribution >= 0.6 is 0 Å². The third-order valence-corrected chi connectivity index (χ3v) is 6.54. The normalized spacial score (nSPS) is 14.3. The van der Waals surface area contributed by atoms with Crippen molar-refractivity contribution in [2.24, 2.45) is 0 Å². The Kier molecular flexibility index (Phi) is 7.69. The number of alkyl halides is 3. The van der Waals surface area contributed by atoms with Crippen LogP contribution in [0.4, 0.5) is 17.6 Å². The summed E-state index contributed by atoms with van der Waals surface area (Å²) in [6.45, 7) is 10.2. The highest BCUT2D eigenvalue weighted by Gasteiger charge is 2.39. The van der Waals surface area contributed by atoms with E-state index in [4.69, 9.17) is 0 Å². The molecule has 0 aliphatic rings. The Bertz CT molecular complexity index is 993. The molecule has 0 aliphatic heterocycles. The number of aryl methyl sites for hydroxylation is 3. The summed E-state index contributed by atoms with van der Waals surface area (Å²) in [6, 6.07) is 4.14. The van der Waals surface area contributed by atoms with Gasteiger partial charge in [0.15, 0.2) is 0 Å². The highest BCUT2D eigenvalue weighted by molar-refractivity contribution is 7.90. The molecule has 0 bridgehead atoms. The van der Waals surface area contributed by atoms with E-state index in [9.17, 15) is 27.6 Å². The molecular weight excluding hydrogens is 446 g/mol. The Morgan fingerprint density at radius 1 is 1.09 bits per heavy atom. The first-order chi connectivity index (χ1) is 14.5. The maximum Gasteiger partial charge on any atom is 0.419 e. The first kappa shape index (κ1) is 26.2. The molecule has 0 saturated heterocycles. The van der Waals surface area contributed by atoms with E-state index in [2.05, 4.69) is 4.72 Å². The summed E-state index contributed by atoms with van der Waals surface area (Å²) in [7, 11) is 0. The van der Waals surface area contributed by atoms with E-state index in [1.54, 1.807) is 46.8 Å². The fraction of sp³-hybridized carbons (Fsp3) is 0.435. The van der Waals surface area contributed by atoms with Crippen LogP contribution in [0.2, 0.25) is 0 Å². The van der Waals surface area contributed by atoms with E-state index in [-0.39, 0.29) is 5.56 Å².